The maximum atomic E-state index is 5.32. The Hall–Kier alpha value is -0.980. The molecule has 0 radical (unpaired) electrons. The van der Waals surface area contributed by atoms with Gasteiger partial charge in [0.2, 0.25) is 0 Å². The highest BCUT2D eigenvalue weighted by Gasteiger charge is 2.20. The van der Waals surface area contributed by atoms with Crippen molar-refractivity contribution in [2.24, 2.45) is 0 Å². The number of nitrogens with zero attached hydrogens (tertiary/aromatic N) is 2. The van der Waals surface area contributed by atoms with Crippen LogP contribution in [0.2, 0.25) is 0 Å². The van der Waals surface area contributed by atoms with Crippen LogP contribution in [0.3, 0.4) is 0 Å². The van der Waals surface area contributed by atoms with Gasteiger partial charge in [-0.2, -0.15) is 4.98 Å². The highest BCUT2D eigenvalue weighted by Crippen LogP contribution is 2.20. The van der Waals surface area contributed by atoms with E-state index in [4.69, 9.17) is 14.0 Å². The van der Waals surface area contributed by atoms with Gasteiger partial charge in [-0.3, -0.25) is 0 Å². The van der Waals surface area contributed by atoms with Gasteiger partial charge >= 0.3 is 0 Å². The van der Waals surface area contributed by atoms with Crippen molar-refractivity contribution < 1.29 is 14.0 Å². The maximum Gasteiger partial charge on any atom is 0.252 e. The van der Waals surface area contributed by atoms with Crippen LogP contribution in [0.4, 0.5) is 0 Å². The number of hydrogen-bond donors (Lipinski definition) is 1. The summed E-state index contributed by atoms with van der Waals surface area (Å²) in [5.74, 6) is 1.71. The van der Waals surface area contributed by atoms with E-state index in [2.05, 4.69) is 15.5 Å². The molecule has 1 atom stereocenters. The Morgan fingerprint density at radius 1 is 1.47 bits per heavy atom. The van der Waals surface area contributed by atoms with Crippen molar-refractivity contribution in [2.45, 2.75) is 25.4 Å². The lowest BCUT2D eigenvalue weighted by molar-refractivity contribution is 0.0494. The molecule has 0 spiro atoms. The van der Waals surface area contributed by atoms with Crippen molar-refractivity contribution in [1.29, 1.82) is 0 Å². The van der Waals surface area contributed by atoms with Crippen LogP contribution in [-0.4, -0.2) is 43.6 Å². The van der Waals surface area contributed by atoms with Crippen molar-refractivity contribution in [3.05, 3.63) is 11.7 Å². The van der Waals surface area contributed by atoms with Gasteiger partial charge in [0.25, 0.3) is 5.89 Å². The third kappa shape index (κ3) is 3.76. The van der Waals surface area contributed by atoms with E-state index in [1.54, 1.807) is 7.11 Å². The zero-order chi connectivity index (χ0) is 11.9. The maximum absolute atomic E-state index is 5.32. The summed E-state index contributed by atoms with van der Waals surface area (Å²) in [5.41, 5.74) is 0. The van der Waals surface area contributed by atoms with Crippen molar-refractivity contribution in [3.8, 4) is 0 Å². The van der Waals surface area contributed by atoms with E-state index in [-0.39, 0.29) is 0 Å². The van der Waals surface area contributed by atoms with Crippen LogP contribution in [0.5, 0.6) is 0 Å². The van der Waals surface area contributed by atoms with Crippen molar-refractivity contribution in [1.82, 2.24) is 15.5 Å². The number of piperidine rings is 1. The number of nitrogens with one attached hydrogen (secondary N) is 1. The van der Waals surface area contributed by atoms with Gasteiger partial charge in [0.1, 0.15) is 6.61 Å². The van der Waals surface area contributed by atoms with Gasteiger partial charge in [0.15, 0.2) is 5.82 Å². The Balaban J connectivity index is 1.78. The average Bonchev–Trinajstić information content (AvgIpc) is 2.85. The summed E-state index contributed by atoms with van der Waals surface area (Å²) in [5, 5.41) is 7.33. The molecule has 96 valence electrons. The minimum Gasteiger partial charge on any atom is -0.382 e. The van der Waals surface area contributed by atoms with Gasteiger partial charge in [-0.05, 0) is 19.4 Å². The topological polar surface area (TPSA) is 69.4 Å². The lowest BCUT2D eigenvalue weighted by Crippen LogP contribution is -2.28. The molecule has 0 aromatic carbocycles. The third-order valence-corrected chi connectivity index (χ3v) is 2.80. The molecule has 0 saturated carbocycles. The molecule has 1 unspecified atom stereocenters. The molecule has 1 N–H and O–H groups in total. The Bertz CT molecular complexity index is 324. The molecule has 0 bridgehead atoms. The minimum atomic E-state index is 0.358. The second-order valence-electron chi connectivity index (χ2n) is 4.13. The number of rotatable bonds is 6. The van der Waals surface area contributed by atoms with Crippen LogP contribution in [0, 0.1) is 0 Å². The molecule has 17 heavy (non-hydrogen) atoms. The third-order valence-electron chi connectivity index (χ3n) is 2.80. The van der Waals surface area contributed by atoms with Gasteiger partial charge in [0.05, 0.1) is 13.2 Å². The fourth-order valence-electron chi connectivity index (χ4n) is 1.87. The summed E-state index contributed by atoms with van der Waals surface area (Å²) in [6.45, 7) is 3.49. The van der Waals surface area contributed by atoms with E-state index < -0.39 is 0 Å². The van der Waals surface area contributed by atoms with Crippen molar-refractivity contribution in [3.63, 3.8) is 0 Å². The second-order valence-corrected chi connectivity index (χ2v) is 4.13. The van der Waals surface area contributed by atoms with Gasteiger partial charge in [-0.1, -0.05) is 5.16 Å². The first-order chi connectivity index (χ1) is 8.40. The Morgan fingerprint density at radius 2 is 2.41 bits per heavy atom. The smallest absolute Gasteiger partial charge is 0.252 e. The normalized spacial score (nSPS) is 20.6. The molecule has 6 nitrogen and oxygen atoms in total. The fourth-order valence-corrected chi connectivity index (χ4v) is 1.87. The van der Waals surface area contributed by atoms with Gasteiger partial charge in [-0.15, -0.1) is 0 Å². The quantitative estimate of drug-likeness (QED) is 0.739. The van der Waals surface area contributed by atoms with E-state index in [9.17, 15) is 0 Å². The molecule has 0 aliphatic carbocycles. The molecule has 1 aliphatic heterocycles. The second kappa shape index (κ2) is 6.68. The van der Waals surface area contributed by atoms with E-state index in [0.29, 0.717) is 31.6 Å². The lowest BCUT2D eigenvalue weighted by Gasteiger charge is -2.19. The predicted molar refractivity (Wildman–Crippen MR) is 60.7 cm³/mol. The molecule has 6 heteroatoms. The monoisotopic (exact) mass is 241 g/mol. The first-order valence-electron chi connectivity index (χ1n) is 6.00. The zero-order valence-corrected chi connectivity index (χ0v) is 10.1. The molecule has 1 saturated heterocycles. The van der Waals surface area contributed by atoms with Crippen LogP contribution >= 0.6 is 0 Å². The molecule has 1 aliphatic rings. The van der Waals surface area contributed by atoms with Crippen LogP contribution in [-0.2, 0) is 16.1 Å². The number of hydrogen-bond acceptors (Lipinski definition) is 6. The highest BCUT2D eigenvalue weighted by atomic mass is 16.5. The summed E-state index contributed by atoms with van der Waals surface area (Å²) in [4.78, 5) is 4.35. The first-order valence-corrected chi connectivity index (χ1v) is 6.00. The van der Waals surface area contributed by atoms with Crippen LogP contribution < -0.4 is 5.32 Å². The molecular formula is C11H19N3O3. The van der Waals surface area contributed by atoms with Gasteiger partial charge in [-0.25, -0.2) is 0 Å². The summed E-state index contributed by atoms with van der Waals surface area (Å²) in [6, 6.07) is 0. The molecule has 1 aromatic rings. The Kier molecular flexibility index (Phi) is 4.90. The van der Waals surface area contributed by atoms with Gasteiger partial charge < -0.3 is 19.3 Å². The number of methoxy groups -OCH3 is 1. The molecule has 2 heterocycles. The minimum absolute atomic E-state index is 0.358. The zero-order valence-electron chi connectivity index (χ0n) is 10.1. The molecule has 1 fully saturated rings. The van der Waals surface area contributed by atoms with E-state index in [1.807, 2.05) is 0 Å². The van der Waals surface area contributed by atoms with Crippen LogP contribution in [0.1, 0.15) is 30.5 Å². The van der Waals surface area contributed by atoms with E-state index in [1.165, 1.54) is 6.42 Å². The molecule has 2 rings (SSSR count). The van der Waals surface area contributed by atoms with Crippen molar-refractivity contribution >= 4 is 0 Å². The standard InChI is InChI=1S/C11H19N3O3/c1-15-5-6-16-8-10-13-11(14-17-10)9-3-2-4-12-7-9/h9,12H,2-8H2,1H3. The van der Waals surface area contributed by atoms with Crippen LogP contribution in [0.25, 0.3) is 0 Å². The summed E-state index contributed by atoms with van der Waals surface area (Å²) < 4.78 is 15.3. The van der Waals surface area contributed by atoms with E-state index in [0.717, 1.165) is 25.3 Å². The average molecular weight is 241 g/mol. The van der Waals surface area contributed by atoms with Crippen LogP contribution in [0.15, 0.2) is 4.52 Å². The number of aromatic nitrogens is 2. The van der Waals surface area contributed by atoms with Gasteiger partial charge in [0, 0.05) is 19.6 Å². The number of ether oxygens (including phenoxy) is 2. The Morgan fingerprint density at radius 3 is 3.18 bits per heavy atom. The largest absolute Gasteiger partial charge is 0.382 e. The molecule has 0 amide bonds. The Labute approximate surface area is 101 Å². The first kappa shape index (κ1) is 12.5. The predicted octanol–water partition coefficient (Wildman–Crippen LogP) is 0.700. The molecule has 1 aromatic heterocycles. The molecular weight excluding hydrogens is 222 g/mol. The summed E-state index contributed by atoms with van der Waals surface area (Å²) in [7, 11) is 1.64. The van der Waals surface area contributed by atoms with Crippen molar-refractivity contribution in [2.75, 3.05) is 33.4 Å². The summed E-state index contributed by atoms with van der Waals surface area (Å²) in [6.07, 6.45) is 2.29. The highest BCUT2D eigenvalue weighted by molar-refractivity contribution is 4.97. The summed E-state index contributed by atoms with van der Waals surface area (Å²) >= 11 is 0. The fraction of sp³-hybridized carbons (Fsp3) is 0.818. The van der Waals surface area contributed by atoms with E-state index >= 15 is 0 Å². The lowest BCUT2D eigenvalue weighted by atomic mass is 9.99. The SMILES string of the molecule is COCCOCc1nc(C2CCCNC2)no1.